The molecule has 1 amide bonds. The van der Waals surface area contributed by atoms with Crippen molar-refractivity contribution in [3.05, 3.63) is 12.7 Å². The molecule has 0 saturated heterocycles. The number of aliphatic hydroxyl groups is 1. The molecule has 1 atom stereocenters. The fourth-order valence-corrected chi connectivity index (χ4v) is 8.87. The number of carbonyl (C=O) groups is 3. The molecule has 0 aliphatic rings. The van der Waals surface area contributed by atoms with Crippen molar-refractivity contribution in [1.82, 2.24) is 29.7 Å². The molecular weight excluding hydrogens is 843 g/mol. The Morgan fingerprint density at radius 1 is 0.612 bits per heavy atom. The fourth-order valence-electron chi connectivity index (χ4n) is 8.87. The molecule has 2 rings (SSSR count). The van der Waals surface area contributed by atoms with Crippen molar-refractivity contribution in [3.8, 4) is 0 Å². The summed E-state index contributed by atoms with van der Waals surface area (Å²) in [5, 5.41) is 14.0. The van der Waals surface area contributed by atoms with Gasteiger partial charge in [0, 0.05) is 25.9 Å². The number of nitrogens with zero attached hydrogens (tertiary/aromatic N) is 5. The average Bonchev–Trinajstić information content (AvgIpc) is 3.76. The minimum atomic E-state index is -0.471. The number of anilines is 1. The zero-order chi connectivity index (χ0) is 48.4. The Hall–Kier alpha value is -3.32. The van der Waals surface area contributed by atoms with E-state index in [1.54, 1.807) is 0 Å². The van der Waals surface area contributed by atoms with E-state index in [0.29, 0.717) is 50.1 Å². The van der Waals surface area contributed by atoms with Crippen LogP contribution in [-0.4, -0.2) is 92.5 Å². The molecule has 386 valence electrons. The molecule has 0 spiro atoms. The van der Waals surface area contributed by atoms with Gasteiger partial charge in [0.05, 0.1) is 12.7 Å². The van der Waals surface area contributed by atoms with E-state index in [1.165, 1.54) is 126 Å². The maximum Gasteiger partial charge on any atom is 0.328 e. The van der Waals surface area contributed by atoms with Crippen LogP contribution < -0.4 is 11.1 Å². The molecule has 2 aromatic rings. The summed E-state index contributed by atoms with van der Waals surface area (Å²) in [5.74, 6) is 0.118. The number of aromatic nitrogens is 4. The summed E-state index contributed by atoms with van der Waals surface area (Å²) in [7, 11) is 0. The van der Waals surface area contributed by atoms with Gasteiger partial charge in [-0.25, -0.2) is 24.3 Å². The van der Waals surface area contributed by atoms with Crippen LogP contribution in [0.5, 0.6) is 0 Å². The molecular formula is C54H99N7O6. The second-order valence-corrected chi connectivity index (χ2v) is 19.3. The van der Waals surface area contributed by atoms with E-state index in [2.05, 4.69) is 45.9 Å². The smallest absolute Gasteiger partial charge is 0.328 e. The number of esters is 2. The van der Waals surface area contributed by atoms with Gasteiger partial charge in [-0.15, -0.1) is 0 Å². The quantitative estimate of drug-likeness (QED) is 0.0425. The van der Waals surface area contributed by atoms with Crippen LogP contribution in [0.15, 0.2) is 12.7 Å². The first-order chi connectivity index (χ1) is 32.8. The first-order valence-corrected chi connectivity index (χ1v) is 27.8. The number of aliphatic hydroxyl groups excluding tert-OH is 1. The van der Waals surface area contributed by atoms with Gasteiger partial charge >= 0.3 is 18.0 Å². The van der Waals surface area contributed by atoms with Crippen molar-refractivity contribution in [2.75, 3.05) is 38.5 Å². The van der Waals surface area contributed by atoms with Gasteiger partial charge in [-0.05, 0) is 90.1 Å². The Bertz CT molecular complexity index is 1490. The molecule has 0 radical (unpaired) electrons. The van der Waals surface area contributed by atoms with Crippen LogP contribution >= 0.6 is 0 Å². The molecule has 1 unspecified atom stereocenters. The van der Waals surface area contributed by atoms with Crippen LogP contribution in [0.2, 0.25) is 0 Å². The van der Waals surface area contributed by atoms with Gasteiger partial charge in [0.15, 0.2) is 17.0 Å². The minimum Gasteiger partial charge on any atom is -0.466 e. The topological polar surface area (TPSA) is 175 Å². The van der Waals surface area contributed by atoms with Gasteiger partial charge in [0.1, 0.15) is 18.8 Å². The highest BCUT2D eigenvalue weighted by Gasteiger charge is 2.17. The van der Waals surface area contributed by atoms with Gasteiger partial charge in [0.25, 0.3) is 0 Å². The lowest BCUT2D eigenvalue weighted by Crippen LogP contribution is -2.34. The largest absolute Gasteiger partial charge is 0.466 e. The van der Waals surface area contributed by atoms with Crippen molar-refractivity contribution >= 4 is 35.0 Å². The Morgan fingerprint density at radius 2 is 1.10 bits per heavy atom. The number of hydrogen-bond donors (Lipinski definition) is 3. The number of unbranched alkanes of at least 4 members (excludes halogenated alkanes) is 25. The first-order valence-electron chi connectivity index (χ1n) is 27.8. The number of nitrogens with two attached hydrogens (primary N) is 1. The zero-order valence-corrected chi connectivity index (χ0v) is 43.1. The van der Waals surface area contributed by atoms with Crippen molar-refractivity contribution in [3.63, 3.8) is 0 Å². The lowest BCUT2D eigenvalue weighted by atomic mass is 10.0. The van der Waals surface area contributed by atoms with Crippen molar-refractivity contribution < 1.29 is 29.0 Å². The van der Waals surface area contributed by atoms with Gasteiger partial charge in [-0.1, -0.05) is 162 Å². The molecule has 0 aromatic carbocycles. The summed E-state index contributed by atoms with van der Waals surface area (Å²) in [6, 6.07) is -0.328. The number of ether oxygens (including phenoxy) is 2. The van der Waals surface area contributed by atoms with Crippen LogP contribution in [0.1, 0.15) is 252 Å². The molecule has 67 heavy (non-hydrogen) atoms. The van der Waals surface area contributed by atoms with E-state index in [-0.39, 0.29) is 29.9 Å². The summed E-state index contributed by atoms with van der Waals surface area (Å²) >= 11 is 0. The lowest BCUT2D eigenvalue weighted by Gasteiger charge is -2.25. The highest BCUT2D eigenvalue weighted by Crippen LogP contribution is 2.19. The second-order valence-electron chi connectivity index (χ2n) is 19.3. The maximum atomic E-state index is 12.9. The summed E-state index contributed by atoms with van der Waals surface area (Å²) < 4.78 is 12.9. The van der Waals surface area contributed by atoms with Crippen LogP contribution in [0.3, 0.4) is 0 Å². The van der Waals surface area contributed by atoms with Crippen molar-refractivity contribution in [1.29, 1.82) is 0 Å². The van der Waals surface area contributed by atoms with E-state index < -0.39 is 6.10 Å². The highest BCUT2D eigenvalue weighted by atomic mass is 16.5. The lowest BCUT2D eigenvalue weighted by molar-refractivity contribution is -0.150. The molecule has 0 saturated carbocycles. The molecule has 13 heteroatoms. The molecule has 2 aromatic heterocycles. The van der Waals surface area contributed by atoms with E-state index in [9.17, 15) is 19.5 Å². The Labute approximate surface area is 407 Å². The van der Waals surface area contributed by atoms with Gasteiger partial charge < -0.3 is 30.5 Å². The predicted octanol–water partition coefficient (Wildman–Crippen LogP) is 13.2. The van der Waals surface area contributed by atoms with Gasteiger partial charge in [0.2, 0.25) is 0 Å². The normalized spacial score (nSPS) is 12.1. The van der Waals surface area contributed by atoms with E-state index >= 15 is 0 Å². The monoisotopic (exact) mass is 942 g/mol. The number of rotatable bonds is 46. The number of nitrogens with one attached hydrogen (secondary N) is 1. The standard InChI is InChI=1S/C54H99N7O6/c1-4-7-10-13-16-17-18-24-34-43-66-49(63)38-29-25-33-42-60(44-47(62)35-30-31-40-56-54(65)61-46-59-51-52(55)57-45-58-53(51)61)41-32-23-19-22-28-39-50(64)67-48(36-26-20-14-11-8-5-2)37-27-21-15-12-9-6-3/h45-48,62H,4-44H2,1-3H3,(H,56,65)(H2,55,57,58). The number of nitrogen functional groups attached to an aromatic ring is 1. The van der Waals surface area contributed by atoms with Gasteiger partial charge in [-0.3, -0.25) is 9.59 Å². The molecule has 0 aliphatic heterocycles. The SMILES string of the molecule is CCCCCCCCCCCOC(=O)CCCCCN(CCCCCCCC(=O)OC(CCCCCCCC)CCCCCCCC)CC(O)CCCCNC(=O)n1cnc2c(N)ncnc21. The van der Waals surface area contributed by atoms with E-state index in [1.807, 2.05) is 0 Å². The van der Waals surface area contributed by atoms with Crippen molar-refractivity contribution in [2.24, 2.45) is 0 Å². The van der Waals surface area contributed by atoms with Crippen LogP contribution in [0, 0.1) is 0 Å². The molecule has 0 bridgehead atoms. The summed E-state index contributed by atoms with van der Waals surface area (Å²) in [4.78, 5) is 52.7. The number of fused-ring (bicyclic) bond motifs is 1. The zero-order valence-electron chi connectivity index (χ0n) is 43.1. The van der Waals surface area contributed by atoms with Gasteiger partial charge in [-0.2, -0.15) is 0 Å². The molecule has 0 fully saturated rings. The average molecular weight is 942 g/mol. The van der Waals surface area contributed by atoms with E-state index in [4.69, 9.17) is 15.2 Å². The highest BCUT2D eigenvalue weighted by molar-refractivity contribution is 5.90. The summed E-state index contributed by atoms with van der Waals surface area (Å²) in [5.41, 5.74) is 6.62. The third kappa shape index (κ3) is 31.4. The first kappa shape index (κ1) is 59.8. The third-order valence-corrected chi connectivity index (χ3v) is 13.1. The van der Waals surface area contributed by atoms with Crippen LogP contribution in [0.25, 0.3) is 11.2 Å². The van der Waals surface area contributed by atoms with Crippen LogP contribution in [0.4, 0.5) is 10.6 Å². The third-order valence-electron chi connectivity index (χ3n) is 13.1. The summed E-state index contributed by atoms with van der Waals surface area (Å²) in [6.45, 7) is 10.1. The number of carbonyl (C=O) groups excluding carboxylic acids is 3. The Balaban J connectivity index is 1.72. The Kier molecular flexibility index (Phi) is 37.2. The predicted molar refractivity (Wildman–Crippen MR) is 275 cm³/mol. The van der Waals surface area contributed by atoms with Crippen LogP contribution in [-0.2, 0) is 19.1 Å². The molecule has 4 N–H and O–H groups in total. The molecule has 13 nitrogen and oxygen atoms in total. The summed E-state index contributed by atoms with van der Waals surface area (Å²) in [6.07, 6.45) is 41.5. The van der Waals surface area contributed by atoms with Crippen molar-refractivity contribution in [2.45, 2.75) is 264 Å². The number of imidazole rings is 1. The number of amides is 1. The maximum absolute atomic E-state index is 12.9. The second kappa shape index (κ2) is 41.6. The molecule has 2 heterocycles. The number of hydrogen-bond acceptors (Lipinski definition) is 11. The fraction of sp³-hybridized carbons (Fsp3) is 0.852. The Morgan fingerprint density at radius 3 is 1.70 bits per heavy atom. The minimum absolute atomic E-state index is 0.0240. The molecule has 0 aliphatic carbocycles. The van der Waals surface area contributed by atoms with E-state index in [0.717, 1.165) is 116 Å².